The first kappa shape index (κ1) is 14.6. The Morgan fingerprint density at radius 2 is 2.00 bits per heavy atom. The Morgan fingerprint density at radius 1 is 1.35 bits per heavy atom. The van der Waals surface area contributed by atoms with E-state index < -0.39 is 11.4 Å². The van der Waals surface area contributed by atoms with Crippen molar-refractivity contribution in [2.75, 3.05) is 6.61 Å². The van der Waals surface area contributed by atoms with Gasteiger partial charge in [0, 0.05) is 5.92 Å². The summed E-state index contributed by atoms with van der Waals surface area (Å²) in [5.74, 6) is -0.659. The minimum Gasteiger partial charge on any atom is -0.462 e. The molecule has 0 aromatic heterocycles. The van der Waals surface area contributed by atoms with E-state index in [1.165, 1.54) is 0 Å². The maximum absolute atomic E-state index is 12.0. The Hall–Kier alpha value is -1.84. The van der Waals surface area contributed by atoms with Crippen LogP contribution in [0.2, 0.25) is 0 Å². The first-order chi connectivity index (χ1) is 9.49. The molecule has 1 saturated heterocycles. The minimum absolute atomic E-state index is 0.0311. The van der Waals surface area contributed by atoms with Crippen LogP contribution in [0.25, 0.3) is 0 Å². The Labute approximate surface area is 119 Å². The van der Waals surface area contributed by atoms with Gasteiger partial charge in [0.2, 0.25) is 0 Å². The summed E-state index contributed by atoms with van der Waals surface area (Å²) in [6, 6.07) is 8.77. The van der Waals surface area contributed by atoms with Crippen molar-refractivity contribution in [3.05, 3.63) is 35.9 Å². The van der Waals surface area contributed by atoms with Crippen LogP contribution in [0.3, 0.4) is 0 Å². The average Bonchev–Trinajstić information content (AvgIpc) is 2.70. The summed E-state index contributed by atoms with van der Waals surface area (Å²) in [4.78, 5) is 23.9. The molecule has 0 radical (unpaired) electrons. The van der Waals surface area contributed by atoms with Crippen molar-refractivity contribution in [3.63, 3.8) is 0 Å². The number of ether oxygens (including phenoxy) is 2. The number of cyclic esters (lactones) is 1. The largest absolute Gasteiger partial charge is 0.462 e. The van der Waals surface area contributed by atoms with Crippen LogP contribution in [0.1, 0.15) is 37.6 Å². The van der Waals surface area contributed by atoms with E-state index in [1.807, 2.05) is 19.9 Å². The molecule has 0 spiro atoms. The van der Waals surface area contributed by atoms with Crippen LogP contribution in [0.15, 0.2) is 30.3 Å². The first-order valence-electron chi connectivity index (χ1n) is 6.92. The van der Waals surface area contributed by atoms with Gasteiger partial charge < -0.3 is 9.47 Å². The van der Waals surface area contributed by atoms with Crippen molar-refractivity contribution < 1.29 is 19.1 Å². The Kier molecular flexibility index (Phi) is 4.12. The van der Waals surface area contributed by atoms with E-state index in [1.54, 1.807) is 31.2 Å². The fourth-order valence-corrected chi connectivity index (χ4v) is 2.47. The number of carbonyl (C=O) groups is 2. The SMILES string of the molecule is CC[C@H]1OC(=O)[C@](C)(COC(=O)c2ccccc2)[C@@H]1C. The van der Waals surface area contributed by atoms with E-state index in [0.29, 0.717) is 5.56 Å². The number of hydrogen-bond acceptors (Lipinski definition) is 4. The monoisotopic (exact) mass is 276 g/mol. The third-order valence-electron chi connectivity index (χ3n) is 4.20. The summed E-state index contributed by atoms with van der Waals surface area (Å²) in [5, 5.41) is 0. The summed E-state index contributed by atoms with van der Waals surface area (Å²) in [6.45, 7) is 5.80. The smallest absolute Gasteiger partial charge is 0.338 e. The summed E-state index contributed by atoms with van der Waals surface area (Å²) >= 11 is 0. The van der Waals surface area contributed by atoms with Gasteiger partial charge in [0.25, 0.3) is 0 Å². The summed E-state index contributed by atoms with van der Waals surface area (Å²) in [6.07, 6.45) is 0.678. The molecule has 1 aliphatic heterocycles. The molecule has 4 heteroatoms. The fourth-order valence-electron chi connectivity index (χ4n) is 2.47. The maximum atomic E-state index is 12.0. The van der Waals surface area contributed by atoms with Crippen LogP contribution >= 0.6 is 0 Å². The van der Waals surface area contributed by atoms with Gasteiger partial charge >= 0.3 is 11.9 Å². The predicted octanol–water partition coefficient (Wildman–Crippen LogP) is 2.82. The molecule has 3 atom stereocenters. The standard InChI is InChI=1S/C16H20O4/c1-4-13-11(2)16(3,15(18)20-13)10-19-14(17)12-8-6-5-7-9-12/h5-9,11,13H,4,10H2,1-3H3/t11-,13-,16-/m1/s1. The molecular weight excluding hydrogens is 256 g/mol. The molecule has 0 bridgehead atoms. The van der Waals surface area contributed by atoms with Gasteiger partial charge in [0.1, 0.15) is 18.1 Å². The molecule has 108 valence electrons. The summed E-state index contributed by atoms with van der Waals surface area (Å²) in [7, 11) is 0. The lowest BCUT2D eigenvalue weighted by Crippen LogP contribution is -2.35. The molecule has 2 rings (SSSR count). The summed E-state index contributed by atoms with van der Waals surface area (Å²) < 4.78 is 10.7. The van der Waals surface area contributed by atoms with Gasteiger partial charge in [-0.2, -0.15) is 0 Å². The van der Waals surface area contributed by atoms with Gasteiger partial charge in [0.05, 0.1) is 5.56 Å². The van der Waals surface area contributed by atoms with E-state index in [9.17, 15) is 9.59 Å². The van der Waals surface area contributed by atoms with Crippen LogP contribution in [0.4, 0.5) is 0 Å². The van der Waals surface area contributed by atoms with Crippen molar-refractivity contribution in [3.8, 4) is 0 Å². The van der Waals surface area contributed by atoms with Crippen molar-refractivity contribution >= 4 is 11.9 Å². The molecule has 1 aromatic carbocycles. The lowest BCUT2D eigenvalue weighted by molar-refractivity contribution is -0.149. The van der Waals surface area contributed by atoms with Crippen molar-refractivity contribution in [1.29, 1.82) is 0 Å². The number of carbonyl (C=O) groups excluding carboxylic acids is 2. The highest BCUT2D eigenvalue weighted by atomic mass is 16.6. The van der Waals surface area contributed by atoms with Crippen molar-refractivity contribution in [2.45, 2.75) is 33.3 Å². The zero-order valence-corrected chi connectivity index (χ0v) is 12.1. The molecule has 1 aliphatic rings. The topological polar surface area (TPSA) is 52.6 Å². The van der Waals surface area contributed by atoms with Crippen LogP contribution in [-0.4, -0.2) is 24.6 Å². The highest BCUT2D eigenvalue weighted by molar-refractivity contribution is 5.89. The van der Waals surface area contributed by atoms with Gasteiger partial charge in [-0.25, -0.2) is 4.79 Å². The van der Waals surface area contributed by atoms with Crippen LogP contribution in [0.5, 0.6) is 0 Å². The zero-order chi connectivity index (χ0) is 14.8. The number of esters is 2. The second-order valence-corrected chi connectivity index (χ2v) is 5.50. The molecule has 0 amide bonds. The number of hydrogen-bond donors (Lipinski definition) is 0. The molecule has 1 aromatic rings. The molecule has 0 aliphatic carbocycles. The first-order valence-corrected chi connectivity index (χ1v) is 6.92. The second-order valence-electron chi connectivity index (χ2n) is 5.50. The molecule has 1 heterocycles. The zero-order valence-electron chi connectivity index (χ0n) is 12.1. The minimum atomic E-state index is -0.759. The van der Waals surface area contributed by atoms with E-state index in [0.717, 1.165) is 6.42 Å². The van der Waals surface area contributed by atoms with Crippen molar-refractivity contribution in [2.24, 2.45) is 11.3 Å². The second kappa shape index (κ2) is 5.65. The molecule has 4 nitrogen and oxygen atoms in total. The van der Waals surface area contributed by atoms with Gasteiger partial charge in [-0.15, -0.1) is 0 Å². The molecule has 1 fully saturated rings. The van der Waals surface area contributed by atoms with E-state index in [2.05, 4.69) is 0 Å². The third-order valence-corrected chi connectivity index (χ3v) is 4.20. The quantitative estimate of drug-likeness (QED) is 0.793. The molecule has 0 unspecified atom stereocenters. The molecule has 0 saturated carbocycles. The molecule has 20 heavy (non-hydrogen) atoms. The predicted molar refractivity (Wildman–Crippen MR) is 74.2 cm³/mol. The van der Waals surface area contributed by atoms with E-state index in [4.69, 9.17) is 9.47 Å². The molecule has 0 N–H and O–H groups in total. The Morgan fingerprint density at radius 3 is 2.55 bits per heavy atom. The lowest BCUT2D eigenvalue weighted by atomic mass is 9.78. The van der Waals surface area contributed by atoms with Crippen molar-refractivity contribution in [1.82, 2.24) is 0 Å². The average molecular weight is 276 g/mol. The Bertz CT molecular complexity index is 496. The number of rotatable bonds is 4. The lowest BCUT2D eigenvalue weighted by Gasteiger charge is -2.25. The van der Waals surface area contributed by atoms with E-state index in [-0.39, 0.29) is 24.6 Å². The normalized spacial score (nSPS) is 29.1. The summed E-state index contributed by atoms with van der Waals surface area (Å²) in [5.41, 5.74) is -0.271. The molecular formula is C16H20O4. The van der Waals surface area contributed by atoms with Gasteiger partial charge in [-0.3, -0.25) is 4.79 Å². The highest BCUT2D eigenvalue weighted by Crippen LogP contribution is 2.40. The van der Waals surface area contributed by atoms with Crippen LogP contribution < -0.4 is 0 Å². The van der Waals surface area contributed by atoms with Gasteiger partial charge in [0.15, 0.2) is 0 Å². The van der Waals surface area contributed by atoms with Gasteiger partial charge in [-0.1, -0.05) is 32.0 Å². The maximum Gasteiger partial charge on any atom is 0.338 e. The number of benzene rings is 1. The van der Waals surface area contributed by atoms with Crippen LogP contribution in [0, 0.1) is 11.3 Å². The highest BCUT2D eigenvalue weighted by Gasteiger charge is 2.52. The van der Waals surface area contributed by atoms with Gasteiger partial charge in [-0.05, 0) is 25.5 Å². The van der Waals surface area contributed by atoms with E-state index >= 15 is 0 Å². The fraction of sp³-hybridized carbons (Fsp3) is 0.500. The Balaban J connectivity index is 2.03. The third kappa shape index (κ3) is 2.55. The van der Waals surface area contributed by atoms with Crippen LogP contribution in [-0.2, 0) is 14.3 Å².